The van der Waals surface area contributed by atoms with E-state index in [1.165, 1.54) is 0 Å². The lowest BCUT2D eigenvalue weighted by molar-refractivity contribution is 0.309. The largest absolute Gasteiger partial charge is 0.219 e. The standard InChI is InChI=1S/C11H18N4O2S/c1-11(4-5-11)18(16,17)15-6-2-3-9(8-15)10-7-12-14-13-10/h7,9H,2-6,8H2,1H3,(H,12,13,14). The third kappa shape index (κ3) is 1.85. The third-order valence-electron chi connectivity index (χ3n) is 4.15. The zero-order chi connectivity index (χ0) is 12.8. The summed E-state index contributed by atoms with van der Waals surface area (Å²) in [6, 6.07) is 0. The first-order valence-corrected chi connectivity index (χ1v) is 7.82. The fraction of sp³-hybridized carbons (Fsp3) is 0.818. The minimum absolute atomic E-state index is 0.176. The quantitative estimate of drug-likeness (QED) is 0.883. The lowest BCUT2D eigenvalue weighted by Crippen LogP contribution is -2.44. The molecule has 2 aliphatic rings. The Kier molecular flexibility index (Phi) is 2.71. The predicted octanol–water partition coefficient (Wildman–Crippen LogP) is 0.866. The Morgan fingerprint density at radius 3 is 2.89 bits per heavy atom. The molecule has 1 aromatic heterocycles. The van der Waals surface area contributed by atoms with Crippen molar-refractivity contribution in [1.82, 2.24) is 19.7 Å². The van der Waals surface area contributed by atoms with Crippen molar-refractivity contribution in [2.24, 2.45) is 0 Å². The maximum Gasteiger partial charge on any atom is 0.219 e. The Morgan fingerprint density at radius 1 is 1.50 bits per heavy atom. The molecule has 100 valence electrons. The molecule has 2 heterocycles. The van der Waals surface area contributed by atoms with Crippen LogP contribution in [0.5, 0.6) is 0 Å². The molecule has 1 aliphatic heterocycles. The van der Waals surface area contributed by atoms with Crippen LogP contribution in [0.2, 0.25) is 0 Å². The van der Waals surface area contributed by atoms with Crippen LogP contribution in [0.15, 0.2) is 6.20 Å². The van der Waals surface area contributed by atoms with Gasteiger partial charge in [0.15, 0.2) is 0 Å². The summed E-state index contributed by atoms with van der Waals surface area (Å²) in [6.07, 6.45) is 5.16. The molecule has 0 bridgehead atoms. The van der Waals surface area contributed by atoms with E-state index in [9.17, 15) is 8.42 Å². The van der Waals surface area contributed by atoms with Crippen molar-refractivity contribution in [3.8, 4) is 0 Å². The summed E-state index contributed by atoms with van der Waals surface area (Å²) < 4.78 is 26.1. The molecule has 6 nitrogen and oxygen atoms in total. The van der Waals surface area contributed by atoms with Crippen molar-refractivity contribution in [3.05, 3.63) is 11.9 Å². The molecule has 0 aromatic carbocycles. The van der Waals surface area contributed by atoms with E-state index in [2.05, 4.69) is 15.4 Å². The van der Waals surface area contributed by atoms with Gasteiger partial charge < -0.3 is 0 Å². The maximum atomic E-state index is 12.5. The van der Waals surface area contributed by atoms with Gasteiger partial charge in [-0.3, -0.25) is 0 Å². The monoisotopic (exact) mass is 270 g/mol. The van der Waals surface area contributed by atoms with Gasteiger partial charge in [0.05, 0.1) is 16.6 Å². The Morgan fingerprint density at radius 2 is 2.28 bits per heavy atom. The van der Waals surface area contributed by atoms with E-state index in [1.54, 1.807) is 10.5 Å². The molecule has 7 heteroatoms. The van der Waals surface area contributed by atoms with Gasteiger partial charge in [-0.2, -0.15) is 15.4 Å². The number of H-pyrrole nitrogens is 1. The van der Waals surface area contributed by atoms with Gasteiger partial charge in [0.1, 0.15) is 0 Å². The van der Waals surface area contributed by atoms with Crippen LogP contribution in [0.25, 0.3) is 0 Å². The fourth-order valence-corrected chi connectivity index (χ4v) is 4.54. The molecule has 0 radical (unpaired) electrons. The van der Waals surface area contributed by atoms with Crippen LogP contribution in [0.4, 0.5) is 0 Å². The van der Waals surface area contributed by atoms with Gasteiger partial charge in [-0.15, -0.1) is 0 Å². The SMILES string of the molecule is CC1(S(=O)(=O)N2CCCC(c3cn[nH]n3)C2)CC1. The van der Waals surface area contributed by atoms with Crippen LogP contribution in [0.1, 0.15) is 44.2 Å². The van der Waals surface area contributed by atoms with Crippen LogP contribution < -0.4 is 0 Å². The summed E-state index contributed by atoms with van der Waals surface area (Å²) in [5, 5.41) is 10.5. The van der Waals surface area contributed by atoms with Gasteiger partial charge in [0.25, 0.3) is 0 Å². The van der Waals surface area contributed by atoms with Crippen molar-refractivity contribution < 1.29 is 8.42 Å². The topological polar surface area (TPSA) is 79.0 Å². The lowest BCUT2D eigenvalue weighted by Gasteiger charge is -2.33. The summed E-state index contributed by atoms with van der Waals surface area (Å²) in [7, 11) is -3.14. The van der Waals surface area contributed by atoms with Crippen molar-refractivity contribution in [3.63, 3.8) is 0 Å². The third-order valence-corrected chi connectivity index (χ3v) is 6.82. The van der Waals surface area contributed by atoms with Crippen molar-refractivity contribution in [2.75, 3.05) is 13.1 Å². The van der Waals surface area contributed by atoms with E-state index >= 15 is 0 Å². The van der Waals surface area contributed by atoms with Gasteiger partial charge in [-0.05, 0) is 32.6 Å². The molecule has 1 saturated carbocycles. The second kappa shape index (κ2) is 4.03. The highest BCUT2D eigenvalue weighted by Crippen LogP contribution is 2.45. The Bertz CT molecular complexity index is 521. The van der Waals surface area contributed by atoms with Gasteiger partial charge in [-0.1, -0.05) is 0 Å². The number of piperidine rings is 1. The number of hydrogen-bond acceptors (Lipinski definition) is 4. The number of aromatic amines is 1. The highest BCUT2D eigenvalue weighted by Gasteiger charge is 2.53. The zero-order valence-corrected chi connectivity index (χ0v) is 11.3. The number of nitrogens with zero attached hydrogens (tertiary/aromatic N) is 3. The Balaban J connectivity index is 1.79. The molecule has 0 spiro atoms. The number of hydrogen-bond donors (Lipinski definition) is 1. The number of nitrogens with one attached hydrogen (secondary N) is 1. The molecule has 2 fully saturated rings. The van der Waals surface area contributed by atoms with Gasteiger partial charge in [0, 0.05) is 19.0 Å². The predicted molar refractivity (Wildman–Crippen MR) is 66.5 cm³/mol. The average Bonchev–Trinajstić information content (AvgIpc) is 2.94. The molecule has 1 unspecified atom stereocenters. The minimum atomic E-state index is -3.14. The molecule has 0 amide bonds. The first kappa shape index (κ1) is 12.1. The molecule has 1 saturated heterocycles. The van der Waals surface area contributed by atoms with Crippen LogP contribution >= 0.6 is 0 Å². The summed E-state index contributed by atoms with van der Waals surface area (Å²) in [5.74, 6) is 0.176. The van der Waals surface area contributed by atoms with Crippen molar-refractivity contribution in [1.29, 1.82) is 0 Å². The number of sulfonamides is 1. The number of aromatic nitrogens is 3. The minimum Gasteiger partial charge on any atom is -0.212 e. The van der Waals surface area contributed by atoms with Gasteiger partial charge in [0.2, 0.25) is 10.0 Å². The second-order valence-corrected chi connectivity index (χ2v) is 8.00. The van der Waals surface area contributed by atoms with E-state index in [1.807, 2.05) is 6.92 Å². The molecular formula is C11H18N4O2S. The molecule has 1 N–H and O–H groups in total. The van der Waals surface area contributed by atoms with Crippen molar-refractivity contribution in [2.45, 2.75) is 43.3 Å². The van der Waals surface area contributed by atoms with E-state index in [4.69, 9.17) is 0 Å². The van der Waals surface area contributed by atoms with Crippen LogP contribution in [-0.4, -0.2) is 46.0 Å². The average molecular weight is 270 g/mol. The lowest BCUT2D eigenvalue weighted by atomic mass is 9.97. The summed E-state index contributed by atoms with van der Waals surface area (Å²) in [6.45, 7) is 3.04. The Hall–Kier alpha value is -0.950. The Labute approximate surface area is 107 Å². The summed E-state index contributed by atoms with van der Waals surface area (Å²) in [5.41, 5.74) is 0.871. The second-order valence-electron chi connectivity index (χ2n) is 5.55. The van der Waals surface area contributed by atoms with Crippen LogP contribution in [-0.2, 0) is 10.0 Å². The normalized spacial score (nSPS) is 28.2. The molecule has 18 heavy (non-hydrogen) atoms. The first-order valence-electron chi connectivity index (χ1n) is 6.38. The molecule has 1 atom stereocenters. The first-order chi connectivity index (χ1) is 8.53. The van der Waals surface area contributed by atoms with Crippen LogP contribution in [0.3, 0.4) is 0 Å². The summed E-state index contributed by atoms with van der Waals surface area (Å²) in [4.78, 5) is 0. The van der Waals surface area contributed by atoms with Gasteiger partial charge >= 0.3 is 0 Å². The molecular weight excluding hydrogens is 252 g/mol. The molecule has 1 aromatic rings. The van der Waals surface area contributed by atoms with E-state index in [0.29, 0.717) is 13.1 Å². The number of rotatable bonds is 3. The molecule has 3 rings (SSSR count). The van der Waals surface area contributed by atoms with E-state index in [0.717, 1.165) is 31.4 Å². The van der Waals surface area contributed by atoms with E-state index < -0.39 is 14.8 Å². The van der Waals surface area contributed by atoms with Crippen molar-refractivity contribution >= 4 is 10.0 Å². The van der Waals surface area contributed by atoms with Crippen LogP contribution in [0, 0.1) is 0 Å². The highest BCUT2D eigenvalue weighted by molar-refractivity contribution is 7.90. The van der Waals surface area contributed by atoms with Gasteiger partial charge in [-0.25, -0.2) is 12.7 Å². The zero-order valence-electron chi connectivity index (χ0n) is 10.5. The smallest absolute Gasteiger partial charge is 0.212 e. The maximum absolute atomic E-state index is 12.5. The molecule has 1 aliphatic carbocycles. The highest BCUT2D eigenvalue weighted by atomic mass is 32.2. The summed E-state index contributed by atoms with van der Waals surface area (Å²) >= 11 is 0. The van der Waals surface area contributed by atoms with E-state index in [-0.39, 0.29) is 5.92 Å². The fourth-order valence-electron chi connectivity index (χ4n) is 2.55.